The number of hydrogen-bond acceptors (Lipinski definition) is 4. The predicted molar refractivity (Wildman–Crippen MR) is 84.5 cm³/mol. The minimum atomic E-state index is -0.521. The van der Waals surface area contributed by atoms with Crippen LogP contribution in [-0.2, 0) is 6.54 Å². The van der Waals surface area contributed by atoms with E-state index in [-0.39, 0.29) is 18.6 Å². The van der Waals surface area contributed by atoms with E-state index in [4.69, 9.17) is 0 Å². The summed E-state index contributed by atoms with van der Waals surface area (Å²) in [6.07, 6.45) is 8.45. The highest BCUT2D eigenvalue weighted by atomic mass is 16.3. The topological polar surface area (TPSA) is 82.4 Å². The van der Waals surface area contributed by atoms with Crippen molar-refractivity contribution in [3.8, 4) is 0 Å². The predicted octanol–water partition coefficient (Wildman–Crippen LogP) is 0.418. The molecule has 1 aliphatic rings. The van der Waals surface area contributed by atoms with E-state index in [2.05, 4.69) is 20.5 Å². The molecule has 0 bridgehead atoms. The van der Waals surface area contributed by atoms with Gasteiger partial charge in [0.05, 0.1) is 12.4 Å². The lowest BCUT2D eigenvalue weighted by molar-refractivity contribution is 0.101. The number of urea groups is 1. The van der Waals surface area contributed by atoms with Crippen molar-refractivity contribution in [2.24, 2.45) is 0 Å². The Labute approximate surface area is 131 Å². The molecule has 7 heteroatoms. The SMILES string of the molecule is CC(Cn1ccnc1)NC(=O)NCC(O)CN1CCCCC1. The Morgan fingerprint density at radius 2 is 2.09 bits per heavy atom. The Morgan fingerprint density at radius 1 is 1.32 bits per heavy atom. The molecule has 2 heterocycles. The van der Waals surface area contributed by atoms with Crippen molar-refractivity contribution >= 4 is 6.03 Å². The highest BCUT2D eigenvalue weighted by Crippen LogP contribution is 2.08. The third kappa shape index (κ3) is 6.03. The number of nitrogens with zero attached hydrogens (tertiary/aromatic N) is 3. The van der Waals surface area contributed by atoms with Crippen LogP contribution in [0.1, 0.15) is 26.2 Å². The van der Waals surface area contributed by atoms with Crippen LogP contribution in [0.3, 0.4) is 0 Å². The maximum absolute atomic E-state index is 11.8. The summed E-state index contributed by atoms with van der Waals surface area (Å²) < 4.78 is 1.91. The number of aliphatic hydroxyl groups is 1. The quantitative estimate of drug-likeness (QED) is 0.682. The molecule has 1 aromatic heterocycles. The first-order valence-corrected chi connectivity index (χ1v) is 8.04. The van der Waals surface area contributed by atoms with Crippen LogP contribution in [-0.4, -0.2) is 63.9 Å². The van der Waals surface area contributed by atoms with Gasteiger partial charge in [0.15, 0.2) is 0 Å². The van der Waals surface area contributed by atoms with Crippen LogP contribution in [0.15, 0.2) is 18.7 Å². The first kappa shape index (κ1) is 16.8. The molecule has 22 heavy (non-hydrogen) atoms. The van der Waals surface area contributed by atoms with E-state index in [1.54, 1.807) is 12.5 Å². The van der Waals surface area contributed by atoms with Gasteiger partial charge in [0.1, 0.15) is 0 Å². The Kier molecular flexibility index (Phi) is 6.67. The number of likely N-dealkylation sites (tertiary alicyclic amines) is 1. The molecule has 0 radical (unpaired) electrons. The molecule has 1 fully saturated rings. The Balaban J connectivity index is 1.59. The summed E-state index contributed by atoms with van der Waals surface area (Å²) in [6.45, 7) is 5.61. The second-order valence-electron chi connectivity index (χ2n) is 6.03. The molecule has 0 spiro atoms. The average Bonchev–Trinajstić information content (AvgIpc) is 2.99. The first-order chi connectivity index (χ1) is 10.6. The van der Waals surface area contributed by atoms with Crippen LogP contribution in [0, 0.1) is 0 Å². The van der Waals surface area contributed by atoms with Crippen LogP contribution >= 0.6 is 0 Å². The normalized spacial score (nSPS) is 18.6. The summed E-state index contributed by atoms with van der Waals surface area (Å²) >= 11 is 0. The minimum absolute atomic E-state index is 0.00608. The van der Waals surface area contributed by atoms with E-state index < -0.39 is 6.10 Å². The largest absolute Gasteiger partial charge is 0.390 e. The van der Waals surface area contributed by atoms with Gasteiger partial charge in [-0.3, -0.25) is 0 Å². The Hall–Kier alpha value is -1.60. The number of carbonyl (C=O) groups excluding carboxylic acids is 1. The summed E-state index contributed by atoms with van der Waals surface area (Å²) in [5, 5.41) is 15.6. The minimum Gasteiger partial charge on any atom is -0.390 e. The van der Waals surface area contributed by atoms with E-state index in [0.29, 0.717) is 13.1 Å². The number of aromatic nitrogens is 2. The van der Waals surface area contributed by atoms with Crippen molar-refractivity contribution in [2.75, 3.05) is 26.2 Å². The van der Waals surface area contributed by atoms with E-state index in [0.717, 1.165) is 13.1 Å². The fourth-order valence-corrected chi connectivity index (χ4v) is 2.75. The van der Waals surface area contributed by atoms with Crippen molar-refractivity contribution in [2.45, 2.75) is 44.9 Å². The number of piperidine rings is 1. The van der Waals surface area contributed by atoms with Crippen molar-refractivity contribution in [3.05, 3.63) is 18.7 Å². The van der Waals surface area contributed by atoms with Crippen molar-refractivity contribution in [3.63, 3.8) is 0 Å². The molecule has 0 saturated carbocycles. The van der Waals surface area contributed by atoms with Gasteiger partial charge in [-0.1, -0.05) is 6.42 Å². The Morgan fingerprint density at radius 3 is 2.77 bits per heavy atom. The smallest absolute Gasteiger partial charge is 0.315 e. The van der Waals surface area contributed by atoms with E-state index in [1.165, 1.54) is 19.3 Å². The third-order valence-corrected chi connectivity index (χ3v) is 3.84. The lowest BCUT2D eigenvalue weighted by Gasteiger charge is -2.28. The lowest BCUT2D eigenvalue weighted by atomic mass is 10.1. The summed E-state index contributed by atoms with van der Waals surface area (Å²) in [5.41, 5.74) is 0. The number of hydrogen-bond donors (Lipinski definition) is 3. The summed E-state index contributed by atoms with van der Waals surface area (Å²) in [6, 6.07) is -0.251. The van der Waals surface area contributed by atoms with Gasteiger partial charge < -0.3 is 25.2 Å². The number of imidazole rings is 1. The molecule has 124 valence electrons. The maximum Gasteiger partial charge on any atom is 0.315 e. The average molecular weight is 309 g/mol. The molecular weight excluding hydrogens is 282 g/mol. The van der Waals surface area contributed by atoms with Gasteiger partial charge in [0.2, 0.25) is 0 Å². The molecule has 1 aromatic rings. The number of carbonyl (C=O) groups is 1. The highest BCUT2D eigenvalue weighted by molar-refractivity contribution is 5.74. The molecule has 1 aliphatic heterocycles. The van der Waals surface area contributed by atoms with Crippen LogP contribution in [0.4, 0.5) is 4.79 Å². The summed E-state index contributed by atoms with van der Waals surface area (Å²) in [7, 11) is 0. The summed E-state index contributed by atoms with van der Waals surface area (Å²) in [4.78, 5) is 18.0. The zero-order valence-corrected chi connectivity index (χ0v) is 13.2. The molecule has 3 N–H and O–H groups in total. The summed E-state index contributed by atoms with van der Waals surface area (Å²) in [5.74, 6) is 0. The molecule has 2 unspecified atom stereocenters. The highest BCUT2D eigenvalue weighted by Gasteiger charge is 2.15. The number of nitrogens with one attached hydrogen (secondary N) is 2. The molecule has 2 amide bonds. The molecule has 2 rings (SSSR count). The van der Waals surface area contributed by atoms with Crippen molar-refractivity contribution < 1.29 is 9.90 Å². The zero-order chi connectivity index (χ0) is 15.8. The molecule has 2 atom stereocenters. The van der Waals surface area contributed by atoms with Crippen LogP contribution in [0.5, 0.6) is 0 Å². The first-order valence-electron chi connectivity index (χ1n) is 8.04. The van der Waals surface area contributed by atoms with Gasteiger partial charge >= 0.3 is 6.03 Å². The number of amides is 2. The molecule has 0 aromatic carbocycles. The van der Waals surface area contributed by atoms with E-state index in [1.807, 2.05) is 17.7 Å². The van der Waals surface area contributed by atoms with Gasteiger partial charge in [-0.25, -0.2) is 9.78 Å². The van der Waals surface area contributed by atoms with Gasteiger partial charge in [-0.2, -0.15) is 0 Å². The van der Waals surface area contributed by atoms with Gasteiger partial charge in [0, 0.05) is 38.1 Å². The van der Waals surface area contributed by atoms with Crippen LogP contribution in [0.25, 0.3) is 0 Å². The fraction of sp³-hybridized carbons (Fsp3) is 0.733. The maximum atomic E-state index is 11.8. The number of aliphatic hydroxyl groups excluding tert-OH is 1. The number of rotatable bonds is 7. The fourth-order valence-electron chi connectivity index (χ4n) is 2.75. The third-order valence-electron chi connectivity index (χ3n) is 3.84. The molecule has 1 saturated heterocycles. The standard InChI is InChI=1S/C15H27N5O2/c1-13(10-20-8-5-16-12-20)18-15(22)17-9-14(21)11-19-6-3-2-4-7-19/h5,8,12-14,21H,2-4,6-7,9-11H2,1H3,(H2,17,18,22). The second kappa shape index (κ2) is 8.75. The number of β-amino-alcohol motifs (C(OH)–C–C–N with tert-alkyl or cyclic N) is 1. The zero-order valence-electron chi connectivity index (χ0n) is 13.2. The van der Waals surface area contributed by atoms with Crippen LogP contribution in [0.2, 0.25) is 0 Å². The molecular formula is C15H27N5O2. The van der Waals surface area contributed by atoms with Crippen molar-refractivity contribution in [1.82, 2.24) is 25.1 Å². The van der Waals surface area contributed by atoms with Gasteiger partial charge in [-0.15, -0.1) is 0 Å². The second-order valence-corrected chi connectivity index (χ2v) is 6.03. The molecule has 0 aliphatic carbocycles. The van der Waals surface area contributed by atoms with E-state index >= 15 is 0 Å². The Bertz CT molecular complexity index is 431. The van der Waals surface area contributed by atoms with Crippen molar-refractivity contribution in [1.29, 1.82) is 0 Å². The van der Waals surface area contributed by atoms with E-state index in [9.17, 15) is 9.90 Å². The van der Waals surface area contributed by atoms with Gasteiger partial charge in [-0.05, 0) is 32.9 Å². The monoisotopic (exact) mass is 309 g/mol. The van der Waals surface area contributed by atoms with Gasteiger partial charge in [0.25, 0.3) is 0 Å². The lowest BCUT2D eigenvalue weighted by Crippen LogP contribution is -2.47. The molecule has 7 nitrogen and oxygen atoms in total. The van der Waals surface area contributed by atoms with Crippen LogP contribution < -0.4 is 10.6 Å².